The van der Waals surface area contributed by atoms with Crippen LogP contribution in [0.1, 0.15) is 17.7 Å². The van der Waals surface area contributed by atoms with Crippen LogP contribution >= 0.6 is 0 Å². The zero-order chi connectivity index (χ0) is 15.1. The molecule has 5 heteroatoms. The fourth-order valence-electron chi connectivity index (χ4n) is 1.94. The van der Waals surface area contributed by atoms with E-state index in [1.54, 1.807) is 24.4 Å². The Kier molecular flexibility index (Phi) is 5.26. The third-order valence-corrected chi connectivity index (χ3v) is 3.08. The number of amides is 1. The van der Waals surface area contributed by atoms with Crippen molar-refractivity contribution in [1.82, 2.24) is 10.3 Å². The maximum atomic E-state index is 13.9. The first-order valence-corrected chi connectivity index (χ1v) is 6.68. The molecule has 2 rings (SSSR count). The summed E-state index contributed by atoms with van der Waals surface area (Å²) in [4.78, 5) is 15.9. The molecule has 2 aromatic rings. The Bertz CT molecular complexity index is 602. The molecule has 0 saturated carbocycles. The summed E-state index contributed by atoms with van der Waals surface area (Å²) in [6.07, 6.45) is 2.22. The standard InChI is InChI=1S/C16H17FN2O2/c1-21-14-7-4-5-12(16(14)17)8-9-15(20)19-11-13-6-2-3-10-18-13/h2-7,10H,8-9,11H2,1H3,(H,19,20). The second kappa shape index (κ2) is 7.38. The van der Waals surface area contributed by atoms with E-state index in [4.69, 9.17) is 4.74 Å². The molecule has 0 bridgehead atoms. The Morgan fingerprint density at radius 2 is 2.14 bits per heavy atom. The second-order valence-electron chi connectivity index (χ2n) is 4.53. The van der Waals surface area contributed by atoms with E-state index in [1.165, 1.54) is 7.11 Å². The first-order chi connectivity index (χ1) is 10.2. The van der Waals surface area contributed by atoms with Gasteiger partial charge in [-0.3, -0.25) is 9.78 Å². The van der Waals surface area contributed by atoms with Crippen molar-refractivity contribution in [3.63, 3.8) is 0 Å². The number of nitrogens with one attached hydrogen (secondary N) is 1. The second-order valence-corrected chi connectivity index (χ2v) is 4.53. The zero-order valence-corrected chi connectivity index (χ0v) is 11.8. The van der Waals surface area contributed by atoms with E-state index >= 15 is 0 Å². The van der Waals surface area contributed by atoms with Crippen LogP contribution in [0.2, 0.25) is 0 Å². The van der Waals surface area contributed by atoms with Crippen molar-refractivity contribution >= 4 is 5.91 Å². The lowest BCUT2D eigenvalue weighted by atomic mass is 10.1. The number of methoxy groups -OCH3 is 1. The van der Waals surface area contributed by atoms with Gasteiger partial charge in [-0.15, -0.1) is 0 Å². The highest BCUT2D eigenvalue weighted by molar-refractivity contribution is 5.76. The quantitative estimate of drug-likeness (QED) is 0.888. The number of hydrogen-bond acceptors (Lipinski definition) is 3. The Labute approximate surface area is 123 Å². The smallest absolute Gasteiger partial charge is 0.220 e. The largest absolute Gasteiger partial charge is 0.494 e. The van der Waals surface area contributed by atoms with Crippen molar-refractivity contribution in [3.8, 4) is 5.75 Å². The first kappa shape index (κ1) is 15.0. The molecule has 0 aliphatic rings. The Hall–Kier alpha value is -2.43. The third kappa shape index (κ3) is 4.27. The Morgan fingerprint density at radius 1 is 1.29 bits per heavy atom. The van der Waals surface area contributed by atoms with Crippen molar-refractivity contribution in [3.05, 3.63) is 59.7 Å². The molecule has 110 valence electrons. The van der Waals surface area contributed by atoms with Crippen LogP contribution in [0.25, 0.3) is 0 Å². The van der Waals surface area contributed by atoms with Gasteiger partial charge in [0.1, 0.15) is 0 Å². The van der Waals surface area contributed by atoms with Gasteiger partial charge < -0.3 is 10.1 Å². The molecule has 4 nitrogen and oxygen atoms in total. The number of pyridine rings is 1. The molecule has 21 heavy (non-hydrogen) atoms. The van der Waals surface area contributed by atoms with E-state index in [2.05, 4.69) is 10.3 Å². The maximum absolute atomic E-state index is 13.9. The van der Waals surface area contributed by atoms with Crippen molar-refractivity contribution in [2.45, 2.75) is 19.4 Å². The van der Waals surface area contributed by atoms with Crippen LogP contribution < -0.4 is 10.1 Å². The van der Waals surface area contributed by atoms with E-state index in [9.17, 15) is 9.18 Å². The highest BCUT2D eigenvalue weighted by Gasteiger charge is 2.10. The minimum absolute atomic E-state index is 0.136. The maximum Gasteiger partial charge on any atom is 0.220 e. The van der Waals surface area contributed by atoms with Crippen LogP contribution in [0.4, 0.5) is 4.39 Å². The van der Waals surface area contributed by atoms with Crippen LogP contribution in [-0.4, -0.2) is 18.0 Å². The van der Waals surface area contributed by atoms with Crippen LogP contribution in [0.5, 0.6) is 5.75 Å². The number of benzene rings is 1. The molecule has 1 heterocycles. The molecule has 1 N–H and O–H groups in total. The van der Waals surface area contributed by atoms with Gasteiger partial charge in [0.25, 0.3) is 0 Å². The molecular weight excluding hydrogens is 271 g/mol. The highest BCUT2D eigenvalue weighted by atomic mass is 19.1. The molecular formula is C16H17FN2O2. The van der Waals surface area contributed by atoms with Crippen LogP contribution in [0.15, 0.2) is 42.6 Å². The summed E-state index contributed by atoms with van der Waals surface area (Å²) < 4.78 is 18.8. The van der Waals surface area contributed by atoms with Gasteiger partial charge in [0.05, 0.1) is 19.3 Å². The van der Waals surface area contributed by atoms with E-state index in [0.29, 0.717) is 18.5 Å². The van der Waals surface area contributed by atoms with Gasteiger partial charge >= 0.3 is 0 Å². The number of aromatic nitrogens is 1. The SMILES string of the molecule is COc1cccc(CCC(=O)NCc2ccccn2)c1F. The molecule has 1 amide bonds. The normalized spacial score (nSPS) is 10.2. The van der Waals surface area contributed by atoms with Gasteiger partial charge in [0.2, 0.25) is 5.91 Å². The number of nitrogens with zero attached hydrogens (tertiary/aromatic N) is 1. The fraction of sp³-hybridized carbons (Fsp3) is 0.250. The molecule has 1 aromatic carbocycles. The lowest BCUT2D eigenvalue weighted by Gasteiger charge is -2.08. The summed E-state index contributed by atoms with van der Waals surface area (Å²) in [6, 6.07) is 10.4. The number of hydrogen-bond donors (Lipinski definition) is 1. The number of carbonyl (C=O) groups excluding carboxylic acids is 1. The molecule has 1 aromatic heterocycles. The molecule has 0 spiro atoms. The van der Waals surface area contributed by atoms with Gasteiger partial charge in [0.15, 0.2) is 11.6 Å². The summed E-state index contributed by atoms with van der Waals surface area (Å²) in [5, 5.41) is 2.76. The van der Waals surface area contributed by atoms with E-state index in [-0.39, 0.29) is 18.1 Å². The number of ether oxygens (including phenoxy) is 1. The molecule has 0 radical (unpaired) electrons. The van der Waals surface area contributed by atoms with Crippen molar-refractivity contribution in [2.24, 2.45) is 0 Å². The summed E-state index contributed by atoms with van der Waals surface area (Å²) in [5.74, 6) is -0.346. The van der Waals surface area contributed by atoms with Crippen LogP contribution in [0.3, 0.4) is 0 Å². The molecule has 0 atom stereocenters. The van der Waals surface area contributed by atoms with Crippen LogP contribution in [0, 0.1) is 5.82 Å². The van der Waals surface area contributed by atoms with Gasteiger partial charge in [-0.2, -0.15) is 0 Å². The fourth-order valence-corrected chi connectivity index (χ4v) is 1.94. The molecule has 0 aliphatic carbocycles. The lowest BCUT2D eigenvalue weighted by molar-refractivity contribution is -0.121. The summed E-state index contributed by atoms with van der Waals surface area (Å²) in [6.45, 7) is 0.375. The third-order valence-electron chi connectivity index (χ3n) is 3.08. The summed E-state index contributed by atoms with van der Waals surface area (Å²) in [5.41, 5.74) is 1.26. The Balaban J connectivity index is 1.84. The highest BCUT2D eigenvalue weighted by Crippen LogP contribution is 2.20. The van der Waals surface area contributed by atoms with Crippen molar-refractivity contribution < 1.29 is 13.9 Å². The number of rotatable bonds is 6. The van der Waals surface area contributed by atoms with Gasteiger partial charge in [-0.1, -0.05) is 18.2 Å². The topological polar surface area (TPSA) is 51.2 Å². The first-order valence-electron chi connectivity index (χ1n) is 6.68. The Morgan fingerprint density at radius 3 is 2.86 bits per heavy atom. The molecule has 0 aliphatic heterocycles. The monoisotopic (exact) mass is 288 g/mol. The zero-order valence-electron chi connectivity index (χ0n) is 11.8. The summed E-state index contributed by atoms with van der Waals surface area (Å²) in [7, 11) is 1.42. The number of carbonyl (C=O) groups is 1. The summed E-state index contributed by atoms with van der Waals surface area (Å²) >= 11 is 0. The predicted octanol–water partition coefficient (Wildman–Crippen LogP) is 2.48. The van der Waals surface area contributed by atoms with Crippen molar-refractivity contribution in [2.75, 3.05) is 7.11 Å². The average molecular weight is 288 g/mol. The van der Waals surface area contributed by atoms with E-state index in [0.717, 1.165) is 5.69 Å². The predicted molar refractivity (Wildman–Crippen MR) is 77.4 cm³/mol. The van der Waals surface area contributed by atoms with E-state index < -0.39 is 5.82 Å². The van der Waals surface area contributed by atoms with Crippen molar-refractivity contribution in [1.29, 1.82) is 0 Å². The minimum Gasteiger partial charge on any atom is -0.494 e. The van der Waals surface area contributed by atoms with Gasteiger partial charge in [-0.25, -0.2) is 4.39 Å². The molecule has 0 saturated heterocycles. The average Bonchev–Trinajstić information content (AvgIpc) is 2.53. The van der Waals surface area contributed by atoms with Crippen LogP contribution in [-0.2, 0) is 17.8 Å². The van der Waals surface area contributed by atoms with Gasteiger partial charge in [-0.05, 0) is 30.2 Å². The molecule has 0 unspecified atom stereocenters. The lowest BCUT2D eigenvalue weighted by Crippen LogP contribution is -2.23. The van der Waals surface area contributed by atoms with Gasteiger partial charge in [0, 0.05) is 12.6 Å². The number of halogens is 1. The van der Waals surface area contributed by atoms with E-state index in [1.807, 2.05) is 18.2 Å². The molecule has 0 fully saturated rings. The number of aryl methyl sites for hydroxylation is 1. The minimum atomic E-state index is -0.405.